The summed E-state index contributed by atoms with van der Waals surface area (Å²) in [5.41, 5.74) is 0. The van der Waals surface area contributed by atoms with E-state index in [9.17, 15) is 25.2 Å². The molecule has 362 valence electrons. The Balaban J connectivity index is 2.27. The summed E-state index contributed by atoms with van der Waals surface area (Å²) in [5.74, 6) is -0.333. The van der Waals surface area contributed by atoms with Crippen molar-refractivity contribution in [3.05, 3.63) is 85.1 Å². The van der Waals surface area contributed by atoms with E-state index in [2.05, 4.69) is 98.9 Å². The van der Waals surface area contributed by atoms with E-state index in [0.717, 1.165) is 83.5 Å². The number of aliphatic hydroxyl groups excluding tert-OH is 4. The molecule has 9 heteroatoms. The van der Waals surface area contributed by atoms with E-state index < -0.39 is 43.4 Å². The smallest absolute Gasteiger partial charge is 0.306 e. The number of allylic oxidation sites excluding steroid dienone is 14. The first-order valence-electron chi connectivity index (χ1n) is 25.2. The molecule has 0 amide bonds. The molecule has 0 aromatic carbocycles. The largest absolute Gasteiger partial charge is 0.457 e. The van der Waals surface area contributed by atoms with E-state index in [0.29, 0.717) is 13.0 Å². The quantitative estimate of drug-likeness (QED) is 0.0268. The summed E-state index contributed by atoms with van der Waals surface area (Å²) in [7, 11) is 0. The molecule has 0 aliphatic carbocycles. The Morgan fingerprint density at radius 3 is 1.48 bits per heavy atom. The van der Waals surface area contributed by atoms with Gasteiger partial charge in [-0.15, -0.1) is 0 Å². The number of rotatable bonds is 42. The number of hydrogen-bond acceptors (Lipinski definition) is 9. The molecule has 1 aliphatic heterocycles. The van der Waals surface area contributed by atoms with Crippen LogP contribution in [0.4, 0.5) is 0 Å². The van der Waals surface area contributed by atoms with Crippen molar-refractivity contribution in [2.75, 3.05) is 26.4 Å². The van der Waals surface area contributed by atoms with Gasteiger partial charge >= 0.3 is 5.97 Å². The molecule has 0 bridgehead atoms. The predicted molar refractivity (Wildman–Crippen MR) is 260 cm³/mol. The molecule has 1 fully saturated rings. The maximum atomic E-state index is 12.8. The molecule has 4 N–H and O–H groups in total. The summed E-state index contributed by atoms with van der Waals surface area (Å²) in [6.07, 6.45) is 53.3. The van der Waals surface area contributed by atoms with Gasteiger partial charge in [0.2, 0.25) is 0 Å². The van der Waals surface area contributed by atoms with Crippen molar-refractivity contribution in [1.82, 2.24) is 0 Å². The number of unbranched alkanes of at least 4 members (excludes halogenated alkanes) is 17. The molecule has 0 spiro atoms. The summed E-state index contributed by atoms with van der Waals surface area (Å²) in [6.45, 7) is 4.35. The average Bonchev–Trinajstić information content (AvgIpc) is 3.28. The van der Waals surface area contributed by atoms with Crippen molar-refractivity contribution in [3.63, 3.8) is 0 Å². The van der Waals surface area contributed by atoms with Gasteiger partial charge in [-0.25, -0.2) is 0 Å². The second kappa shape index (κ2) is 44.6. The van der Waals surface area contributed by atoms with Gasteiger partial charge in [0.05, 0.1) is 19.8 Å². The van der Waals surface area contributed by atoms with Crippen LogP contribution in [0.3, 0.4) is 0 Å². The van der Waals surface area contributed by atoms with Crippen LogP contribution < -0.4 is 0 Å². The molecule has 1 rings (SSSR count). The second-order valence-electron chi connectivity index (χ2n) is 16.9. The number of ether oxygens (including phenoxy) is 4. The summed E-state index contributed by atoms with van der Waals surface area (Å²) >= 11 is 0. The highest BCUT2D eigenvalue weighted by atomic mass is 16.7. The molecular formula is C54H92O9. The number of aliphatic hydroxyl groups is 4. The lowest BCUT2D eigenvalue weighted by atomic mass is 9.99. The highest BCUT2D eigenvalue weighted by Crippen LogP contribution is 2.22. The lowest BCUT2D eigenvalue weighted by Gasteiger charge is -2.39. The van der Waals surface area contributed by atoms with E-state index in [-0.39, 0.29) is 19.2 Å². The minimum absolute atomic E-state index is 0.116. The van der Waals surface area contributed by atoms with Crippen molar-refractivity contribution >= 4 is 5.97 Å². The lowest BCUT2D eigenvalue weighted by molar-refractivity contribution is -0.305. The van der Waals surface area contributed by atoms with Gasteiger partial charge in [0.25, 0.3) is 0 Å². The first-order chi connectivity index (χ1) is 30.9. The molecule has 0 aromatic rings. The third-order valence-electron chi connectivity index (χ3n) is 11.0. The Kier molecular flexibility index (Phi) is 41.3. The van der Waals surface area contributed by atoms with E-state index in [1.54, 1.807) is 0 Å². The topological polar surface area (TPSA) is 135 Å². The van der Waals surface area contributed by atoms with Crippen LogP contribution in [0.25, 0.3) is 0 Å². The lowest BCUT2D eigenvalue weighted by Crippen LogP contribution is -2.59. The van der Waals surface area contributed by atoms with Gasteiger partial charge in [0.15, 0.2) is 6.29 Å². The highest BCUT2D eigenvalue weighted by molar-refractivity contribution is 5.69. The number of hydrogen-bond donors (Lipinski definition) is 4. The van der Waals surface area contributed by atoms with Crippen LogP contribution in [-0.2, 0) is 23.7 Å². The molecular weight excluding hydrogens is 793 g/mol. The predicted octanol–water partition coefficient (Wildman–Crippen LogP) is 12.2. The molecule has 0 aromatic heterocycles. The van der Waals surface area contributed by atoms with Crippen LogP contribution in [0, 0.1) is 0 Å². The van der Waals surface area contributed by atoms with E-state index in [1.807, 2.05) is 0 Å². The second-order valence-corrected chi connectivity index (χ2v) is 16.9. The normalized spacial score (nSPS) is 20.4. The Morgan fingerprint density at radius 2 is 0.968 bits per heavy atom. The van der Waals surface area contributed by atoms with Crippen LogP contribution >= 0.6 is 0 Å². The first-order valence-corrected chi connectivity index (χ1v) is 25.2. The molecule has 1 heterocycles. The van der Waals surface area contributed by atoms with Gasteiger partial charge in [-0.3, -0.25) is 4.79 Å². The van der Waals surface area contributed by atoms with Gasteiger partial charge in [-0.2, -0.15) is 0 Å². The summed E-state index contributed by atoms with van der Waals surface area (Å²) in [6, 6.07) is 0. The van der Waals surface area contributed by atoms with Crippen molar-refractivity contribution in [2.45, 2.75) is 224 Å². The summed E-state index contributed by atoms with van der Waals surface area (Å²) in [4.78, 5) is 12.8. The van der Waals surface area contributed by atoms with E-state index in [1.165, 1.54) is 83.5 Å². The zero-order valence-electron chi connectivity index (χ0n) is 39.8. The Bertz CT molecular complexity index is 1240. The first kappa shape index (κ1) is 58.4. The van der Waals surface area contributed by atoms with E-state index >= 15 is 0 Å². The minimum Gasteiger partial charge on any atom is -0.457 e. The van der Waals surface area contributed by atoms with Gasteiger partial charge in [0, 0.05) is 13.0 Å². The van der Waals surface area contributed by atoms with E-state index in [4.69, 9.17) is 18.9 Å². The third-order valence-corrected chi connectivity index (χ3v) is 11.0. The molecule has 1 aliphatic rings. The van der Waals surface area contributed by atoms with Crippen LogP contribution in [-0.4, -0.2) is 89.6 Å². The number of esters is 1. The number of carbonyl (C=O) groups excluding carboxylic acids is 1. The third kappa shape index (κ3) is 35.3. The molecule has 6 unspecified atom stereocenters. The Morgan fingerprint density at radius 1 is 0.524 bits per heavy atom. The Hall–Kier alpha value is -2.63. The minimum atomic E-state index is -1.55. The van der Waals surface area contributed by atoms with Crippen LogP contribution in [0.2, 0.25) is 0 Å². The zero-order valence-corrected chi connectivity index (χ0v) is 39.8. The SMILES string of the molecule is CC/C=C\C/C=C\C/C=C\C/C=C\C/C=C\C/C=C\CCCCCOCC(COC1OC(CO)C(O)C(O)C1O)OC(=O)CCCCCCCCC/C=C\CCCCCCCCC. The fourth-order valence-corrected chi connectivity index (χ4v) is 7.14. The Labute approximate surface area is 384 Å². The summed E-state index contributed by atoms with van der Waals surface area (Å²) in [5, 5.41) is 40.2. The van der Waals surface area contributed by atoms with Gasteiger partial charge in [-0.1, -0.05) is 176 Å². The van der Waals surface area contributed by atoms with Crippen LogP contribution in [0.5, 0.6) is 0 Å². The fraction of sp³-hybridized carbons (Fsp3) is 0.722. The van der Waals surface area contributed by atoms with Crippen molar-refractivity contribution in [3.8, 4) is 0 Å². The molecule has 0 radical (unpaired) electrons. The fourth-order valence-electron chi connectivity index (χ4n) is 7.14. The molecule has 9 nitrogen and oxygen atoms in total. The van der Waals surface area contributed by atoms with Gasteiger partial charge < -0.3 is 39.4 Å². The van der Waals surface area contributed by atoms with Gasteiger partial charge in [0.1, 0.15) is 30.5 Å². The van der Waals surface area contributed by atoms with Crippen LogP contribution in [0.15, 0.2) is 85.1 Å². The molecule has 6 atom stereocenters. The average molecular weight is 885 g/mol. The maximum absolute atomic E-state index is 12.8. The summed E-state index contributed by atoms with van der Waals surface area (Å²) < 4.78 is 22.8. The van der Waals surface area contributed by atoms with Crippen molar-refractivity contribution in [1.29, 1.82) is 0 Å². The molecule has 1 saturated heterocycles. The zero-order chi connectivity index (χ0) is 45.7. The standard InChI is InChI=1S/C54H92O9/c1-3-5-7-9-11-13-15-17-19-21-23-24-25-26-28-30-32-34-36-38-40-42-44-60-46-48(47-61-54-53(59)52(58)51(57)49(45-55)63-54)62-50(56)43-41-39-37-35-33-31-29-27-22-20-18-16-14-12-10-8-6-4-2/h5,7,11,13,17,19-20,22-24,26,28,32,34,48-49,51-55,57-59H,3-4,6,8-10,12,14-16,18,21,25,27,29-31,33,35-47H2,1-2H3/b7-5-,13-11-,19-17-,22-20-,24-23-,28-26-,34-32-. The maximum Gasteiger partial charge on any atom is 0.306 e. The molecule has 63 heavy (non-hydrogen) atoms. The highest BCUT2D eigenvalue weighted by Gasteiger charge is 2.44. The monoisotopic (exact) mass is 885 g/mol. The van der Waals surface area contributed by atoms with Crippen LogP contribution in [0.1, 0.15) is 187 Å². The molecule has 0 saturated carbocycles. The van der Waals surface area contributed by atoms with Crippen molar-refractivity contribution in [2.24, 2.45) is 0 Å². The number of carbonyl (C=O) groups is 1. The van der Waals surface area contributed by atoms with Gasteiger partial charge in [-0.05, 0) is 89.9 Å². The van der Waals surface area contributed by atoms with Crippen molar-refractivity contribution < 1.29 is 44.2 Å².